The first-order valence-electron chi connectivity index (χ1n) is 21.2. The normalized spacial score (nSPS) is 18.8. The molecule has 18 heteroatoms. The number of aliphatic imine (C=N–C) groups is 2. The van der Waals surface area contributed by atoms with E-state index in [1.165, 1.54) is 36.4 Å². The van der Waals surface area contributed by atoms with E-state index in [4.69, 9.17) is 66.3 Å². The first-order chi connectivity index (χ1) is 31.3. The molecule has 2 aliphatic rings. The van der Waals surface area contributed by atoms with Crippen LogP contribution in [0.25, 0.3) is 5.69 Å². The van der Waals surface area contributed by atoms with Crippen LogP contribution in [0.5, 0.6) is 0 Å². The molecule has 1 aromatic heterocycles. The summed E-state index contributed by atoms with van der Waals surface area (Å²) in [7, 11) is 0. The van der Waals surface area contributed by atoms with Crippen molar-refractivity contribution in [2.45, 2.75) is 89.1 Å². The largest absolute Gasteiger partial charge is 0.400 e. The highest BCUT2D eigenvalue weighted by Crippen LogP contribution is 2.50. The van der Waals surface area contributed by atoms with E-state index in [1.54, 1.807) is 71.7 Å². The van der Waals surface area contributed by atoms with Crippen molar-refractivity contribution in [3.63, 3.8) is 0 Å². The van der Waals surface area contributed by atoms with Gasteiger partial charge in [-0.25, -0.2) is 4.68 Å². The highest BCUT2D eigenvalue weighted by molar-refractivity contribution is 6.35. The lowest BCUT2D eigenvalue weighted by Crippen LogP contribution is -2.43. The maximum Gasteiger partial charge on any atom is 0.400 e. The lowest BCUT2D eigenvalue weighted by atomic mass is 9.76. The summed E-state index contributed by atoms with van der Waals surface area (Å²) in [6.45, 7) is 9.67. The van der Waals surface area contributed by atoms with Gasteiger partial charge in [0.2, 0.25) is 0 Å². The van der Waals surface area contributed by atoms with Crippen molar-refractivity contribution in [2.24, 2.45) is 15.7 Å². The molecule has 356 valence electrons. The molecule has 0 fully saturated rings. The van der Waals surface area contributed by atoms with E-state index in [1.807, 2.05) is 27.7 Å². The van der Waals surface area contributed by atoms with Gasteiger partial charge in [0.15, 0.2) is 6.29 Å². The second-order valence-corrected chi connectivity index (χ2v) is 17.3. The Morgan fingerprint density at radius 2 is 1.08 bits per heavy atom. The van der Waals surface area contributed by atoms with Gasteiger partial charge in [0, 0.05) is 89.5 Å². The third-order valence-electron chi connectivity index (χ3n) is 11.1. The van der Waals surface area contributed by atoms with E-state index in [0.717, 1.165) is 24.3 Å². The summed E-state index contributed by atoms with van der Waals surface area (Å²) in [6, 6.07) is 24.1. The molecule has 66 heavy (non-hydrogen) atoms. The molecule has 0 radical (unpaired) electrons. The van der Waals surface area contributed by atoms with E-state index in [-0.39, 0.29) is 63.0 Å². The number of rotatable bonds is 14. The Hall–Kier alpha value is -3.99. The fourth-order valence-electron chi connectivity index (χ4n) is 7.64. The monoisotopic (exact) mass is 999 g/mol. The Bertz CT molecular complexity index is 2350. The van der Waals surface area contributed by atoms with Gasteiger partial charge in [-0.2, -0.15) is 31.4 Å². The van der Waals surface area contributed by atoms with Gasteiger partial charge in [-0.05, 0) is 110 Å². The van der Waals surface area contributed by atoms with E-state index < -0.39 is 29.7 Å². The summed E-state index contributed by atoms with van der Waals surface area (Å²) >= 11 is 23.8. The summed E-state index contributed by atoms with van der Waals surface area (Å²) in [5.41, 5.74) is 5.21. The number of hydrogen-bond donors (Lipinski definition) is 1. The quantitative estimate of drug-likeness (QED) is 0.0883. The van der Waals surface area contributed by atoms with Gasteiger partial charge < -0.3 is 19.9 Å². The summed E-state index contributed by atoms with van der Waals surface area (Å²) in [4.78, 5) is 8.44. The molecule has 0 aliphatic carbocycles. The van der Waals surface area contributed by atoms with Crippen molar-refractivity contribution in [2.75, 3.05) is 32.9 Å². The van der Waals surface area contributed by atoms with Crippen LogP contribution >= 0.6 is 46.4 Å². The predicted molar refractivity (Wildman–Crippen MR) is 251 cm³/mol. The molecule has 0 amide bonds. The van der Waals surface area contributed by atoms with E-state index in [2.05, 4.69) is 15.1 Å². The third kappa shape index (κ3) is 13.2. The van der Waals surface area contributed by atoms with Crippen LogP contribution in [0.1, 0.15) is 74.8 Å². The zero-order valence-electron chi connectivity index (χ0n) is 36.7. The number of aromatic nitrogens is 2. The molecule has 2 N–H and O–H groups in total. The molecule has 4 aromatic carbocycles. The van der Waals surface area contributed by atoms with Crippen LogP contribution in [-0.2, 0) is 31.6 Å². The fourth-order valence-corrected chi connectivity index (χ4v) is 8.69. The van der Waals surface area contributed by atoms with Gasteiger partial charge in [-0.3, -0.25) is 9.98 Å². The second-order valence-electron chi connectivity index (χ2n) is 15.6. The fraction of sp³-hybridized carbons (Fsp3) is 0.396. The molecule has 0 saturated heterocycles. The predicted octanol–water partition coefficient (Wildman–Crippen LogP) is 13.2. The number of nitrogens with zero attached hydrogens (tertiary/aromatic N) is 4. The summed E-state index contributed by atoms with van der Waals surface area (Å²) < 4.78 is 102. The summed E-state index contributed by atoms with van der Waals surface area (Å²) in [5, 5.41) is 4.82. The third-order valence-corrected chi connectivity index (χ3v) is 12.0. The average Bonchev–Trinajstić information content (AvgIpc) is 4.06. The van der Waals surface area contributed by atoms with Crippen LogP contribution in [0.3, 0.4) is 0 Å². The zero-order valence-corrected chi connectivity index (χ0v) is 39.7. The molecule has 0 bridgehead atoms. The van der Waals surface area contributed by atoms with Crippen molar-refractivity contribution < 1.29 is 40.6 Å². The lowest BCUT2D eigenvalue weighted by Gasteiger charge is -2.31. The molecule has 0 saturated carbocycles. The van der Waals surface area contributed by atoms with Gasteiger partial charge in [-0.15, -0.1) is 0 Å². The minimum atomic E-state index is -4.50. The first kappa shape index (κ1) is 53.0. The van der Waals surface area contributed by atoms with Crippen molar-refractivity contribution in [1.29, 1.82) is 0 Å². The molecular weight excluding hydrogens is 950 g/mol. The SMILES string of the molecule is CCOC(C)CC(OCC)OCC.FC(F)(F)C1(c2cc(Cl)cc(Cl)c2)CN=C(c2ccc(-n3cccn3)cc2)C1.NCc1ccc(C2=NCC(c3cc(Cl)cc(Cl)c3)(C(F)(F)F)C2)cc1. The maximum absolute atomic E-state index is 14.1. The minimum absolute atomic E-state index is 0.0319. The topological polar surface area (TPSA) is 96.2 Å². The molecule has 7 rings (SSSR count). The van der Waals surface area contributed by atoms with E-state index >= 15 is 0 Å². The van der Waals surface area contributed by atoms with Gasteiger partial charge in [0.05, 0.1) is 24.9 Å². The van der Waals surface area contributed by atoms with Gasteiger partial charge in [-0.1, -0.05) is 82.8 Å². The Labute approximate surface area is 401 Å². The number of nitrogens with two attached hydrogens (primary N) is 1. The Kier molecular flexibility index (Phi) is 18.7. The van der Waals surface area contributed by atoms with Crippen LogP contribution < -0.4 is 5.73 Å². The Balaban J connectivity index is 0.000000198. The lowest BCUT2D eigenvalue weighted by molar-refractivity contribution is -0.184. The average molecular weight is 1000 g/mol. The van der Waals surface area contributed by atoms with Crippen LogP contribution in [-0.4, -0.2) is 78.9 Å². The summed E-state index contributed by atoms with van der Waals surface area (Å²) in [6.07, 6.45) is -5.17. The number of hydrogen-bond acceptors (Lipinski definition) is 7. The number of benzene rings is 4. The van der Waals surface area contributed by atoms with Crippen LogP contribution in [0.2, 0.25) is 20.1 Å². The molecule has 3 heterocycles. The van der Waals surface area contributed by atoms with Crippen LogP contribution in [0.15, 0.2) is 113 Å². The van der Waals surface area contributed by atoms with Crippen molar-refractivity contribution in [3.8, 4) is 5.69 Å². The maximum atomic E-state index is 14.1. The van der Waals surface area contributed by atoms with E-state index in [9.17, 15) is 26.3 Å². The zero-order chi connectivity index (χ0) is 48.3. The molecule has 2 aliphatic heterocycles. The number of ether oxygens (including phenoxy) is 3. The molecular formula is C48H51Cl4F6N5O3. The Morgan fingerprint density at radius 3 is 1.44 bits per heavy atom. The highest BCUT2D eigenvalue weighted by atomic mass is 35.5. The smallest absolute Gasteiger partial charge is 0.379 e. The molecule has 5 aromatic rings. The molecule has 3 atom stereocenters. The minimum Gasteiger partial charge on any atom is -0.379 e. The van der Waals surface area contributed by atoms with Gasteiger partial charge >= 0.3 is 12.4 Å². The molecule has 0 spiro atoms. The van der Waals surface area contributed by atoms with Crippen LogP contribution in [0, 0.1) is 0 Å². The van der Waals surface area contributed by atoms with Crippen LogP contribution in [0.4, 0.5) is 26.3 Å². The Morgan fingerprint density at radius 1 is 0.652 bits per heavy atom. The molecule has 8 nitrogen and oxygen atoms in total. The van der Waals surface area contributed by atoms with Crippen molar-refractivity contribution in [1.82, 2.24) is 9.78 Å². The molecule has 3 unspecified atom stereocenters. The van der Waals surface area contributed by atoms with Crippen molar-refractivity contribution in [3.05, 3.63) is 151 Å². The first-order valence-corrected chi connectivity index (χ1v) is 22.7. The van der Waals surface area contributed by atoms with Gasteiger partial charge in [0.25, 0.3) is 0 Å². The highest BCUT2D eigenvalue weighted by Gasteiger charge is 2.59. The number of halogens is 10. The number of alkyl halides is 6. The van der Waals surface area contributed by atoms with E-state index in [0.29, 0.717) is 42.3 Å². The standard InChI is InChI=1S/C20H14Cl2F3N3.C18H15Cl2F3N2.C10H22O3/c21-15-8-14(9-16(22)10-15)19(20(23,24)25)11-18(26-12-19)13-2-4-17(5-3-13)28-7-1-6-27-28;19-14-5-13(6-15(20)7-14)17(18(21,22)23)8-16(25-10-17)12-3-1-11(9-24)2-4-12;1-5-11-9(4)8-10(12-6-2)13-7-3/h1-10H,11-12H2;1-7H,8-10,24H2;9-10H,5-8H2,1-4H3. The van der Waals surface area contributed by atoms with Crippen molar-refractivity contribution >= 4 is 57.8 Å². The second kappa shape index (κ2) is 23.3. The summed E-state index contributed by atoms with van der Waals surface area (Å²) in [5.74, 6) is 0. The van der Waals surface area contributed by atoms with Gasteiger partial charge in [0.1, 0.15) is 10.8 Å².